The fourth-order valence-corrected chi connectivity index (χ4v) is 7.61. The molecule has 7 aromatic carbocycles. The molecule has 2 aliphatic carbocycles. The Hall–Kier alpha value is -5.46. The van der Waals surface area contributed by atoms with E-state index in [0.29, 0.717) is 0 Å². The zero-order valence-electron chi connectivity index (χ0n) is 24.4. The molecule has 0 bridgehead atoms. The van der Waals surface area contributed by atoms with Crippen molar-refractivity contribution in [3.8, 4) is 55.6 Å². The van der Waals surface area contributed by atoms with Crippen LogP contribution in [0.5, 0.6) is 0 Å². The van der Waals surface area contributed by atoms with Crippen molar-refractivity contribution in [3.05, 3.63) is 163 Å². The Balaban J connectivity index is 1.50. The van der Waals surface area contributed by atoms with E-state index in [-0.39, 0.29) is 0 Å². The third kappa shape index (κ3) is 3.71. The first kappa shape index (κ1) is 25.1. The van der Waals surface area contributed by atoms with Crippen LogP contribution in [0.4, 0.5) is 0 Å². The van der Waals surface area contributed by atoms with Crippen molar-refractivity contribution >= 4 is 27.1 Å². The molecular formula is C44H30. The average Bonchev–Trinajstić information content (AvgIpc) is 3.43. The Morgan fingerprint density at radius 1 is 0.341 bits per heavy atom. The standard InChI is InChI=1S/C44H30/c1-5-15-29(16-6-1)33-25-27-37-42-38(28-26-34(41(33)42)30-17-7-2-8-18-30)44-40(32-21-11-4-12-22-32)36-24-14-13-23-35(36)39(43(37)44)31-19-9-3-10-20-31/h1,3-7,9-28H,2,8H2. The molecule has 9 rings (SSSR count). The first-order valence-corrected chi connectivity index (χ1v) is 15.6. The van der Waals surface area contributed by atoms with Crippen molar-refractivity contribution in [1.29, 1.82) is 0 Å². The molecule has 0 N–H and O–H groups in total. The molecule has 0 atom stereocenters. The van der Waals surface area contributed by atoms with E-state index >= 15 is 0 Å². The number of fused-ring (bicyclic) bond motifs is 4. The van der Waals surface area contributed by atoms with Gasteiger partial charge < -0.3 is 0 Å². The summed E-state index contributed by atoms with van der Waals surface area (Å²) in [6.45, 7) is 0. The topological polar surface area (TPSA) is 0 Å². The molecule has 0 heteroatoms. The predicted molar refractivity (Wildman–Crippen MR) is 189 cm³/mol. The summed E-state index contributed by atoms with van der Waals surface area (Å²) in [5.74, 6) is 0. The summed E-state index contributed by atoms with van der Waals surface area (Å²) in [7, 11) is 0. The van der Waals surface area contributed by atoms with E-state index in [1.54, 1.807) is 0 Å². The summed E-state index contributed by atoms with van der Waals surface area (Å²) in [5, 5.41) is 5.30. The molecule has 7 aromatic rings. The molecule has 0 spiro atoms. The highest BCUT2D eigenvalue weighted by Crippen LogP contribution is 2.59. The highest BCUT2D eigenvalue weighted by atomic mass is 14.3. The first-order chi connectivity index (χ1) is 21.9. The van der Waals surface area contributed by atoms with Crippen LogP contribution >= 0.6 is 0 Å². The van der Waals surface area contributed by atoms with Crippen molar-refractivity contribution in [3.63, 3.8) is 0 Å². The van der Waals surface area contributed by atoms with Crippen LogP contribution in [0.2, 0.25) is 0 Å². The van der Waals surface area contributed by atoms with Crippen molar-refractivity contribution in [1.82, 2.24) is 0 Å². The zero-order valence-corrected chi connectivity index (χ0v) is 24.4. The molecule has 0 fully saturated rings. The summed E-state index contributed by atoms with van der Waals surface area (Å²) in [4.78, 5) is 0. The van der Waals surface area contributed by atoms with Crippen LogP contribution in [0.1, 0.15) is 18.4 Å². The maximum Gasteiger partial charge on any atom is -0.000740 e. The van der Waals surface area contributed by atoms with Gasteiger partial charge in [-0.2, -0.15) is 0 Å². The minimum Gasteiger partial charge on any atom is -0.0836 e. The lowest BCUT2D eigenvalue weighted by Crippen LogP contribution is -1.93. The summed E-state index contributed by atoms with van der Waals surface area (Å²) in [6.07, 6.45) is 9.25. The molecule has 0 unspecified atom stereocenters. The monoisotopic (exact) mass is 558 g/mol. The molecule has 0 saturated heterocycles. The maximum atomic E-state index is 2.42. The Morgan fingerprint density at radius 3 is 1.32 bits per heavy atom. The molecule has 0 aromatic heterocycles. The van der Waals surface area contributed by atoms with E-state index in [4.69, 9.17) is 0 Å². The number of rotatable bonds is 4. The normalized spacial score (nSPS) is 13.3. The second kappa shape index (κ2) is 10.1. The lowest BCUT2D eigenvalue weighted by Gasteiger charge is -2.20. The van der Waals surface area contributed by atoms with Crippen LogP contribution in [0.25, 0.3) is 82.8 Å². The van der Waals surface area contributed by atoms with Gasteiger partial charge in [-0.15, -0.1) is 0 Å². The number of allylic oxidation sites excluding steroid dienone is 4. The van der Waals surface area contributed by atoms with Crippen molar-refractivity contribution in [2.45, 2.75) is 12.8 Å². The molecular weight excluding hydrogens is 528 g/mol. The number of benzene rings is 7. The molecule has 0 aliphatic heterocycles. The average molecular weight is 559 g/mol. The highest BCUT2D eigenvalue weighted by Gasteiger charge is 2.32. The Kier molecular flexibility index (Phi) is 5.74. The maximum absolute atomic E-state index is 2.42. The zero-order chi connectivity index (χ0) is 29.0. The van der Waals surface area contributed by atoms with E-state index in [0.717, 1.165) is 12.8 Å². The fraction of sp³-hybridized carbons (Fsp3) is 0.0455. The minimum atomic E-state index is 1.08. The molecule has 0 saturated carbocycles. The Bertz CT molecular complexity index is 2190. The van der Waals surface area contributed by atoms with Gasteiger partial charge in [0.05, 0.1) is 0 Å². The van der Waals surface area contributed by atoms with Gasteiger partial charge in [0.15, 0.2) is 0 Å². The second-order valence-electron chi connectivity index (χ2n) is 11.9. The van der Waals surface area contributed by atoms with E-state index in [1.807, 2.05) is 0 Å². The lowest BCUT2D eigenvalue weighted by atomic mass is 9.82. The largest absolute Gasteiger partial charge is 0.0836 e. The van der Waals surface area contributed by atoms with Crippen LogP contribution in [-0.2, 0) is 0 Å². The fourth-order valence-electron chi connectivity index (χ4n) is 7.61. The molecule has 0 amide bonds. The lowest BCUT2D eigenvalue weighted by molar-refractivity contribution is 1.04. The molecule has 206 valence electrons. The van der Waals surface area contributed by atoms with Gasteiger partial charge in [-0.25, -0.2) is 0 Å². The number of hydrogen-bond acceptors (Lipinski definition) is 0. The summed E-state index contributed by atoms with van der Waals surface area (Å²) in [6, 6.07) is 51.4. The van der Waals surface area contributed by atoms with Gasteiger partial charge in [0.25, 0.3) is 0 Å². The van der Waals surface area contributed by atoms with Crippen LogP contribution in [0.15, 0.2) is 158 Å². The molecule has 0 heterocycles. The third-order valence-electron chi connectivity index (χ3n) is 9.43. The van der Waals surface area contributed by atoms with Crippen molar-refractivity contribution in [2.24, 2.45) is 0 Å². The second-order valence-corrected chi connectivity index (χ2v) is 11.9. The van der Waals surface area contributed by atoms with Crippen LogP contribution in [-0.4, -0.2) is 0 Å². The Morgan fingerprint density at radius 2 is 0.795 bits per heavy atom. The summed E-state index contributed by atoms with van der Waals surface area (Å²) in [5.41, 5.74) is 15.7. The smallest absolute Gasteiger partial charge is 0.000740 e. The van der Waals surface area contributed by atoms with Gasteiger partial charge in [0.1, 0.15) is 0 Å². The van der Waals surface area contributed by atoms with Crippen molar-refractivity contribution in [2.75, 3.05) is 0 Å². The van der Waals surface area contributed by atoms with Gasteiger partial charge in [-0.1, -0.05) is 158 Å². The molecule has 0 radical (unpaired) electrons. The predicted octanol–water partition coefficient (Wildman–Crippen LogP) is 12.4. The van der Waals surface area contributed by atoms with E-state index in [9.17, 15) is 0 Å². The first-order valence-electron chi connectivity index (χ1n) is 15.6. The van der Waals surface area contributed by atoms with E-state index < -0.39 is 0 Å². The van der Waals surface area contributed by atoms with Crippen molar-refractivity contribution < 1.29 is 0 Å². The van der Waals surface area contributed by atoms with Crippen LogP contribution < -0.4 is 0 Å². The van der Waals surface area contributed by atoms with Gasteiger partial charge in [0, 0.05) is 0 Å². The Labute approximate surface area is 258 Å². The SMILES string of the molecule is C1=CC(c2ccc3c4c(ccc(-c5ccccc5)c24)-c2c-3c(-c3ccccc3)c3ccccc3c2-c2ccccc2)=CCC1. The van der Waals surface area contributed by atoms with E-state index in [2.05, 4.69) is 158 Å². The van der Waals surface area contributed by atoms with Gasteiger partial charge in [-0.3, -0.25) is 0 Å². The van der Waals surface area contributed by atoms with E-state index in [1.165, 1.54) is 88.3 Å². The van der Waals surface area contributed by atoms with Crippen LogP contribution in [0.3, 0.4) is 0 Å². The molecule has 0 nitrogen and oxygen atoms in total. The van der Waals surface area contributed by atoms with Crippen LogP contribution in [0, 0.1) is 0 Å². The summed E-state index contributed by atoms with van der Waals surface area (Å²) < 4.78 is 0. The highest BCUT2D eigenvalue weighted by molar-refractivity contribution is 6.30. The number of hydrogen-bond donors (Lipinski definition) is 0. The molecule has 44 heavy (non-hydrogen) atoms. The quantitative estimate of drug-likeness (QED) is 0.201. The third-order valence-corrected chi connectivity index (χ3v) is 9.43. The van der Waals surface area contributed by atoms with Gasteiger partial charge in [0.2, 0.25) is 0 Å². The van der Waals surface area contributed by atoms with Gasteiger partial charge >= 0.3 is 0 Å². The summed E-state index contributed by atoms with van der Waals surface area (Å²) >= 11 is 0. The minimum absolute atomic E-state index is 1.08. The van der Waals surface area contributed by atoms with Gasteiger partial charge in [-0.05, 0) is 101 Å². The molecule has 2 aliphatic rings.